The first-order valence-electron chi connectivity index (χ1n) is 6.75. The van der Waals surface area contributed by atoms with Crippen LogP contribution >= 0.6 is 11.6 Å². The summed E-state index contributed by atoms with van der Waals surface area (Å²) in [5, 5.41) is 8.50. The molecule has 1 unspecified atom stereocenters. The molecule has 2 rings (SSSR count). The molecule has 0 aromatic carbocycles. The van der Waals surface area contributed by atoms with Crippen LogP contribution in [0.5, 0.6) is 0 Å². The van der Waals surface area contributed by atoms with Crippen LogP contribution in [-0.4, -0.2) is 16.3 Å². The Bertz CT molecular complexity index is 493. The number of hydrogen-bond donors (Lipinski definition) is 1. The van der Waals surface area contributed by atoms with Crippen molar-refractivity contribution in [3.63, 3.8) is 0 Å². The highest BCUT2D eigenvalue weighted by Crippen LogP contribution is 2.28. The van der Waals surface area contributed by atoms with E-state index in [1.165, 1.54) is 0 Å². The second-order valence-corrected chi connectivity index (χ2v) is 4.91. The summed E-state index contributed by atoms with van der Waals surface area (Å²) in [6.45, 7) is 6.02. The van der Waals surface area contributed by atoms with Gasteiger partial charge in [-0.05, 0) is 31.5 Å². The van der Waals surface area contributed by atoms with Crippen LogP contribution in [0.25, 0.3) is 0 Å². The Labute approximate surface area is 118 Å². The average Bonchev–Trinajstić information content (AvgIpc) is 3.03. The fourth-order valence-electron chi connectivity index (χ4n) is 2.13. The summed E-state index contributed by atoms with van der Waals surface area (Å²) in [6.07, 6.45) is 5.46. The Balaban J connectivity index is 2.34. The number of hydrogen-bond acceptors (Lipinski definition) is 3. The van der Waals surface area contributed by atoms with Crippen LogP contribution < -0.4 is 5.32 Å². The number of nitrogens with zero attached hydrogens (tertiary/aromatic N) is 2. The highest BCUT2D eigenvalue weighted by atomic mass is 35.5. The van der Waals surface area contributed by atoms with Crippen molar-refractivity contribution in [2.75, 3.05) is 6.54 Å². The lowest BCUT2D eigenvalue weighted by Crippen LogP contribution is -2.26. The molecule has 0 fully saturated rings. The van der Waals surface area contributed by atoms with Crippen LogP contribution in [0.3, 0.4) is 0 Å². The molecule has 0 aliphatic heterocycles. The Hall–Kier alpha value is -1.26. The van der Waals surface area contributed by atoms with E-state index in [0.717, 1.165) is 37.4 Å². The summed E-state index contributed by atoms with van der Waals surface area (Å²) in [6, 6.07) is 3.81. The average molecular weight is 282 g/mol. The second kappa shape index (κ2) is 6.78. The van der Waals surface area contributed by atoms with Gasteiger partial charge in [-0.2, -0.15) is 5.10 Å². The summed E-state index contributed by atoms with van der Waals surface area (Å²) < 4.78 is 7.50. The molecule has 0 aliphatic carbocycles. The van der Waals surface area contributed by atoms with Crippen molar-refractivity contribution < 1.29 is 4.42 Å². The topological polar surface area (TPSA) is 43.0 Å². The molecule has 4 nitrogen and oxygen atoms in total. The molecule has 2 aromatic heterocycles. The first kappa shape index (κ1) is 14.2. The normalized spacial score (nSPS) is 12.8. The lowest BCUT2D eigenvalue weighted by atomic mass is 10.1. The number of nitrogens with one attached hydrogen (secondary N) is 1. The SMILES string of the molecule is CCCNC(c1ccco1)c1c(Cl)cnn1CCC. The van der Waals surface area contributed by atoms with Crippen molar-refractivity contribution in [2.45, 2.75) is 39.3 Å². The first-order valence-corrected chi connectivity index (χ1v) is 7.13. The molecule has 2 heterocycles. The van der Waals surface area contributed by atoms with Gasteiger partial charge in [0.1, 0.15) is 11.8 Å². The molecule has 0 aliphatic rings. The summed E-state index contributed by atoms with van der Waals surface area (Å²) in [4.78, 5) is 0. The third kappa shape index (κ3) is 3.19. The summed E-state index contributed by atoms with van der Waals surface area (Å²) in [5.74, 6) is 0.869. The van der Waals surface area contributed by atoms with Crippen molar-refractivity contribution in [1.82, 2.24) is 15.1 Å². The second-order valence-electron chi connectivity index (χ2n) is 4.50. The number of aromatic nitrogens is 2. The van der Waals surface area contributed by atoms with E-state index in [0.29, 0.717) is 5.02 Å². The third-order valence-electron chi connectivity index (χ3n) is 2.97. The van der Waals surface area contributed by atoms with Crippen molar-refractivity contribution in [1.29, 1.82) is 0 Å². The van der Waals surface area contributed by atoms with Crippen LogP contribution in [0.4, 0.5) is 0 Å². The summed E-state index contributed by atoms with van der Waals surface area (Å²) >= 11 is 6.31. The van der Waals surface area contributed by atoms with Gasteiger partial charge < -0.3 is 9.73 Å². The van der Waals surface area contributed by atoms with Gasteiger partial charge in [-0.25, -0.2) is 0 Å². The van der Waals surface area contributed by atoms with Gasteiger partial charge in [-0.15, -0.1) is 0 Å². The maximum atomic E-state index is 6.31. The van der Waals surface area contributed by atoms with Crippen LogP contribution in [0.1, 0.15) is 44.2 Å². The Kier molecular flexibility index (Phi) is 5.05. The van der Waals surface area contributed by atoms with Crippen LogP contribution in [0.2, 0.25) is 5.02 Å². The minimum absolute atomic E-state index is 0.0449. The van der Waals surface area contributed by atoms with Gasteiger partial charge in [0.25, 0.3) is 0 Å². The van der Waals surface area contributed by atoms with E-state index in [9.17, 15) is 0 Å². The quantitative estimate of drug-likeness (QED) is 0.843. The molecule has 0 spiro atoms. The lowest BCUT2D eigenvalue weighted by Gasteiger charge is -2.18. The molecule has 0 bridgehead atoms. The predicted octanol–water partition coefficient (Wildman–Crippen LogP) is 3.63. The molecule has 0 saturated heterocycles. The molecule has 1 N–H and O–H groups in total. The van der Waals surface area contributed by atoms with Gasteiger partial charge in [0, 0.05) is 6.54 Å². The Morgan fingerprint density at radius 3 is 2.89 bits per heavy atom. The van der Waals surface area contributed by atoms with E-state index < -0.39 is 0 Å². The molecule has 2 aromatic rings. The zero-order chi connectivity index (χ0) is 13.7. The molecule has 104 valence electrons. The third-order valence-corrected chi connectivity index (χ3v) is 3.26. The van der Waals surface area contributed by atoms with Crippen molar-refractivity contribution in [2.24, 2.45) is 0 Å². The van der Waals surface area contributed by atoms with Gasteiger partial charge in [0.2, 0.25) is 0 Å². The fraction of sp³-hybridized carbons (Fsp3) is 0.500. The Morgan fingerprint density at radius 1 is 1.42 bits per heavy atom. The maximum absolute atomic E-state index is 6.31. The van der Waals surface area contributed by atoms with E-state index in [-0.39, 0.29) is 6.04 Å². The maximum Gasteiger partial charge on any atom is 0.126 e. The van der Waals surface area contributed by atoms with Gasteiger partial charge >= 0.3 is 0 Å². The summed E-state index contributed by atoms with van der Waals surface area (Å²) in [5.41, 5.74) is 0.979. The molecular formula is C14H20ClN3O. The lowest BCUT2D eigenvalue weighted by molar-refractivity contribution is 0.423. The van der Waals surface area contributed by atoms with Crippen molar-refractivity contribution in [3.05, 3.63) is 41.1 Å². The number of rotatable bonds is 7. The van der Waals surface area contributed by atoms with Crippen LogP contribution in [-0.2, 0) is 6.54 Å². The zero-order valence-corrected chi connectivity index (χ0v) is 12.2. The molecule has 19 heavy (non-hydrogen) atoms. The first-order chi connectivity index (χ1) is 9.27. The van der Waals surface area contributed by atoms with Gasteiger partial charge in [0.05, 0.1) is 23.2 Å². The molecular weight excluding hydrogens is 262 g/mol. The van der Waals surface area contributed by atoms with E-state index >= 15 is 0 Å². The van der Waals surface area contributed by atoms with E-state index in [4.69, 9.17) is 16.0 Å². The molecule has 0 saturated carbocycles. The van der Waals surface area contributed by atoms with Crippen LogP contribution in [0, 0.1) is 0 Å². The minimum Gasteiger partial charge on any atom is -0.467 e. The Morgan fingerprint density at radius 2 is 2.26 bits per heavy atom. The van der Waals surface area contributed by atoms with E-state index in [1.54, 1.807) is 12.5 Å². The molecule has 0 radical (unpaired) electrons. The predicted molar refractivity (Wildman–Crippen MR) is 76.4 cm³/mol. The monoisotopic (exact) mass is 281 g/mol. The van der Waals surface area contributed by atoms with Crippen molar-refractivity contribution >= 4 is 11.6 Å². The summed E-state index contributed by atoms with van der Waals surface area (Å²) in [7, 11) is 0. The van der Waals surface area contributed by atoms with Gasteiger partial charge in [-0.3, -0.25) is 4.68 Å². The van der Waals surface area contributed by atoms with Gasteiger partial charge in [0.15, 0.2) is 0 Å². The van der Waals surface area contributed by atoms with Crippen LogP contribution in [0.15, 0.2) is 29.0 Å². The van der Waals surface area contributed by atoms with E-state index in [1.807, 2.05) is 16.8 Å². The van der Waals surface area contributed by atoms with Crippen molar-refractivity contribution in [3.8, 4) is 0 Å². The number of halogens is 1. The van der Waals surface area contributed by atoms with Gasteiger partial charge in [-0.1, -0.05) is 25.4 Å². The molecule has 0 amide bonds. The largest absolute Gasteiger partial charge is 0.467 e. The minimum atomic E-state index is -0.0449. The smallest absolute Gasteiger partial charge is 0.126 e. The highest BCUT2D eigenvalue weighted by Gasteiger charge is 2.23. The molecule has 1 atom stereocenters. The fourth-order valence-corrected chi connectivity index (χ4v) is 2.38. The van der Waals surface area contributed by atoms with E-state index in [2.05, 4.69) is 24.3 Å². The standard InChI is InChI=1S/C14H20ClN3O/c1-3-7-16-13(12-6-5-9-19-12)14-11(15)10-17-18(14)8-4-2/h5-6,9-10,13,16H,3-4,7-8H2,1-2H3. The highest BCUT2D eigenvalue weighted by molar-refractivity contribution is 6.31. The number of aryl methyl sites for hydroxylation is 1. The molecule has 5 heteroatoms. The zero-order valence-electron chi connectivity index (χ0n) is 11.4. The number of furan rings is 1.